The molecule has 0 unspecified atom stereocenters. The molecule has 6 nitrogen and oxygen atoms in total. The summed E-state index contributed by atoms with van der Waals surface area (Å²) in [5.41, 5.74) is 4.19. The Balaban J connectivity index is 1.97. The van der Waals surface area contributed by atoms with Crippen molar-refractivity contribution in [3.63, 3.8) is 0 Å². The molecule has 0 atom stereocenters. The molecule has 0 bridgehead atoms. The van der Waals surface area contributed by atoms with E-state index < -0.39 is 4.92 Å². The van der Waals surface area contributed by atoms with Gasteiger partial charge < -0.3 is 5.11 Å². The summed E-state index contributed by atoms with van der Waals surface area (Å²) in [5, 5.41) is 26.5. The van der Waals surface area contributed by atoms with Crippen molar-refractivity contribution in [2.45, 2.75) is 58.9 Å². The van der Waals surface area contributed by atoms with E-state index in [1.165, 1.54) is 12.1 Å². The number of hydrogen-bond acceptors (Lipinski definition) is 4. The second-order valence-corrected chi connectivity index (χ2v) is 9.74. The van der Waals surface area contributed by atoms with Gasteiger partial charge in [-0.15, -0.1) is 0 Å². The lowest BCUT2D eigenvalue weighted by Crippen LogP contribution is -2.17. The molecule has 2 aromatic carbocycles. The van der Waals surface area contributed by atoms with Crippen LogP contribution in [-0.2, 0) is 17.4 Å². The van der Waals surface area contributed by atoms with Crippen LogP contribution in [0.2, 0.25) is 0 Å². The predicted octanol–water partition coefficient (Wildman–Crippen LogP) is 5.81. The topological polar surface area (TPSA) is 81.2 Å². The monoisotopic (exact) mass is 407 g/mol. The van der Waals surface area contributed by atoms with Gasteiger partial charge in [0.25, 0.3) is 5.69 Å². The number of rotatable bonds is 4. The van der Waals surface area contributed by atoms with E-state index in [-0.39, 0.29) is 16.5 Å². The summed E-state index contributed by atoms with van der Waals surface area (Å²) >= 11 is 0. The minimum Gasteiger partial charge on any atom is -0.507 e. The van der Waals surface area contributed by atoms with Gasteiger partial charge in [-0.2, -0.15) is 5.10 Å². The van der Waals surface area contributed by atoms with E-state index >= 15 is 0 Å². The Bertz CT molecular complexity index is 1030. The van der Waals surface area contributed by atoms with Crippen molar-refractivity contribution in [2.75, 3.05) is 0 Å². The molecule has 0 aliphatic rings. The lowest BCUT2D eigenvalue weighted by Gasteiger charge is -2.28. The third-order valence-electron chi connectivity index (χ3n) is 5.15. The average molecular weight is 408 g/mol. The Kier molecular flexibility index (Phi) is 5.46. The van der Waals surface area contributed by atoms with Gasteiger partial charge in [-0.25, -0.2) is 0 Å². The Hall–Kier alpha value is -3.15. The van der Waals surface area contributed by atoms with E-state index in [2.05, 4.69) is 41.5 Å². The molecule has 0 saturated heterocycles. The van der Waals surface area contributed by atoms with Crippen LogP contribution >= 0.6 is 0 Å². The lowest BCUT2D eigenvalue weighted by molar-refractivity contribution is -0.384. The van der Waals surface area contributed by atoms with Crippen LogP contribution in [0.4, 0.5) is 5.69 Å². The van der Waals surface area contributed by atoms with Gasteiger partial charge in [0.05, 0.1) is 17.2 Å². The number of non-ortho nitro benzene ring substituents is 1. The summed E-state index contributed by atoms with van der Waals surface area (Å²) in [6.07, 6.45) is 1.90. The quantitative estimate of drug-likeness (QED) is 0.437. The molecule has 0 amide bonds. The highest BCUT2D eigenvalue weighted by Crippen LogP contribution is 2.41. The highest BCUT2D eigenvalue weighted by atomic mass is 16.6. The predicted molar refractivity (Wildman–Crippen MR) is 119 cm³/mol. The van der Waals surface area contributed by atoms with Gasteiger partial charge >= 0.3 is 0 Å². The normalized spacial score (nSPS) is 12.2. The third-order valence-corrected chi connectivity index (χ3v) is 5.15. The molecule has 3 aromatic rings. The maximum absolute atomic E-state index is 10.9. The standard InChI is InChI=1S/C24H29N3O3/c1-23(2,3)19-13-17(14-20(22(19)28)24(4,5)6)21-11-12-26(25-21)15-16-7-9-18(10-8-16)27(29)30/h7-14,28H,15H2,1-6H3. The van der Waals surface area contributed by atoms with Crippen LogP contribution in [0.5, 0.6) is 5.75 Å². The zero-order chi connectivity index (χ0) is 22.3. The van der Waals surface area contributed by atoms with E-state index in [1.807, 2.05) is 29.1 Å². The molecule has 0 spiro atoms. The molecule has 158 valence electrons. The van der Waals surface area contributed by atoms with Crippen LogP contribution in [0, 0.1) is 10.1 Å². The van der Waals surface area contributed by atoms with Gasteiger partial charge in [-0.3, -0.25) is 14.8 Å². The van der Waals surface area contributed by atoms with Gasteiger partial charge in [0.15, 0.2) is 0 Å². The Morgan fingerprint density at radius 1 is 0.967 bits per heavy atom. The molecule has 1 aromatic heterocycles. The van der Waals surface area contributed by atoms with Crippen LogP contribution in [-0.4, -0.2) is 19.8 Å². The van der Waals surface area contributed by atoms with Crippen molar-refractivity contribution in [3.05, 3.63) is 75.5 Å². The van der Waals surface area contributed by atoms with Crippen LogP contribution in [0.3, 0.4) is 0 Å². The molecule has 0 fully saturated rings. The summed E-state index contributed by atoms with van der Waals surface area (Å²) in [5.74, 6) is 0.351. The van der Waals surface area contributed by atoms with E-state index in [4.69, 9.17) is 5.10 Å². The van der Waals surface area contributed by atoms with Crippen LogP contribution in [0.25, 0.3) is 11.3 Å². The Morgan fingerprint density at radius 2 is 1.50 bits per heavy atom. The number of phenolic OH excluding ortho intramolecular Hbond substituents is 1. The first-order chi connectivity index (χ1) is 13.9. The molecular formula is C24H29N3O3. The molecule has 0 saturated carbocycles. The van der Waals surface area contributed by atoms with Crippen molar-refractivity contribution in [2.24, 2.45) is 0 Å². The maximum Gasteiger partial charge on any atom is 0.269 e. The second-order valence-electron chi connectivity index (χ2n) is 9.74. The number of nitro groups is 1. The fraction of sp³-hybridized carbons (Fsp3) is 0.375. The fourth-order valence-corrected chi connectivity index (χ4v) is 3.44. The summed E-state index contributed by atoms with van der Waals surface area (Å²) in [6, 6.07) is 12.5. The number of benzene rings is 2. The first-order valence-corrected chi connectivity index (χ1v) is 10.0. The molecule has 0 aliphatic heterocycles. The van der Waals surface area contributed by atoms with Crippen molar-refractivity contribution in [1.29, 1.82) is 0 Å². The van der Waals surface area contributed by atoms with E-state index in [9.17, 15) is 15.2 Å². The van der Waals surface area contributed by atoms with Crippen molar-refractivity contribution < 1.29 is 10.0 Å². The summed E-state index contributed by atoms with van der Waals surface area (Å²) in [6.45, 7) is 13.1. The van der Waals surface area contributed by atoms with Crippen molar-refractivity contribution >= 4 is 5.69 Å². The largest absolute Gasteiger partial charge is 0.507 e. The first kappa shape index (κ1) is 21.6. The number of phenols is 1. The molecule has 0 radical (unpaired) electrons. The molecular weight excluding hydrogens is 378 g/mol. The summed E-state index contributed by atoms with van der Waals surface area (Å²) < 4.78 is 1.82. The third kappa shape index (κ3) is 4.53. The van der Waals surface area contributed by atoms with Gasteiger partial charge in [0.1, 0.15) is 5.75 Å². The molecule has 6 heteroatoms. The zero-order valence-corrected chi connectivity index (χ0v) is 18.4. The smallest absolute Gasteiger partial charge is 0.269 e. The minimum atomic E-state index is -0.403. The van der Waals surface area contributed by atoms with Gasteiger partial charge in [0.2, 0.25) is 0 Å². The number of nitrogens with zero attached hydrogens (tertiary/aromatic N) is 3. The number of aromatic hydroxyl groups is 1. The minimum absolute atomic E-state index is 0.0772. The molecule has 0 aliphatic carbocycles. The Labute approximate surface area is 177 Å². The van der Waals surface area contributed by atoms with Crippen LogP contribution in [0.15, 0.2) is 48.7 Å². The van der Waals surface area contributed by atoms with Crippen molar-refractivity contribution in [3.8, 4) is 17.0 Å². The summed E-state index contributed by atoms with van der Waals surface area (Å²) in [7, 11) is 0. The zero-order valence-electron chi connectivity index (χ0n) is 18.4. The number of aromatic nitrogens is 2. The van der Waals surface area contributed by atoms with E-state index in [0.717, 1.165) is 27.9 Å². The van der Waals surface area contributed by atoms with E-state index in [0.29, 0.717) is 12.3 Å². The summed E-state index contributed by atoms with van der Waals surface area (Å²) in [4.78, 5) is 10.4. The second kappa shape index (κ2) is 7.59. The lowest BCUT2D eigenvalue weighted by atomic mass is 9.78. The molecule has 1 N–H and O–H groups in total. The molecule has 1 heterocycles. The molecule has 30 heavy (non-hydrogen) atoms. The first-order valence-electron chi connectivity index (χ1n) is 10.0. The van der Waals surface area contributed by atoms with Gasteiger partial charge in [0, 0.05) is 35.0 Å². The van der Waals surface area contributed by atoms with Crippen molar-refractivity contribution in [1.82, 2.24) is 9.78 Å². The average Bonchev–Trinajstić information content (AvgIpc) is 3.09. The fourth-order valence-electron chi connectivity index (χ4n) is 3.44. The van der Waals surface area contributed by atoms with Gasteiger partial charge in [-0.1, -0.05) is 53.7 Å². The van der Waals surface area contributed by atoms with Crippen LogP contribution < -0.4 is 0 Å². The maximum atomic E-state index is 10.9. The van der Waals surface area contributed by atoms with E-state index in [1.54, 1.807) is 12.1 Å². The van der Waals surface area contributed by atoms with Gasteiger partial charge in [-0.05, 0) is 34.6 Å². The number of hydrogen-bond donors (Lipinski definition) is 1. The Morgan fingerprint density at radius 3 is 1.97 bits per heavy atom. The highest BCUT2D eigenvalue weighted by molar-refractivity contribution is 5.66. The number of nitro benzene ring substituents is 1. The molecule has 3 rings (SSSR count). The van der Waals surface area contributed by atoms with Crippen LogP contribution in [0.1, 0.15) is 58.2 Å². The highest BCUT2D eigenvalue weighted by Gasteiger charge is 2.27. The SMILES string of the molecule is CC(C)(C)c1cc(-c2ccn(Cc3ccc([N+](=O)[O-])cc3)n2)cc(C(C)(C)C)c1O.